The van der Waals surface area contributed by atoms with E-state index in [4.69, 9.17) is 0 Å². The summed E-state index contributed by atoms with van der Waals surface area (Å²) in [7, 11) is -3.96. The minimum absolute atomic E-state index is 0.0927. The predicted molar refractivity (Wildman–Crippen MR) is 74.8 cm³/mol. The Bertz CT molecular complexity index is 582. The molecule has 1 aromatic carbocycles. The van der Waals surface area contributed by atoms with Crippen molar-refractivity contribution < 1.29 is 18.0 Å². The van der Waals surface area contributed by atoms with Crippen LogP contribution in [0.5, 0.6) is 0 Å². The Morgan fingerprint density at radius 2 is 1.95 bits per heavy atom. The van der Waals surface area contributed by atoms with E-state index in [9.17, 15) is 18.0 Å². The molecule has 1 aromatic rings. The van der Waals surface area contributed by atoms with E-state index >= 15 is 0 Å². The maximum Gasteiger partial charge on any atom is 0.331 e. The highest BCUT2D eigenvalue weighted by atomic mass is 32.2. The molecule has 110 valence electrons. The van der Waals surface area contributed by atoms with Crippen molar-refractivity contribution in [2.75, 3.05) is 18.4 Å². The van der Waals surface area contributed by atoms with Crippen molar-refractivity contribution in [2.24, 2.45) is 0 Å². The summed E-state index contributed by atoms with van der Waals surface area (Å²) in [4.78, 5) is 23.4. The molecule has 0 spiro atoms. The number of carbonyl (C=O) groups excluding carboxylic acids is 2. The molecule has 0 aliphatic rings. The van der Waals surface area contributed by atoms with Crippen molar-refractivity contribution in [1.29, 1.82) is 0 Å². The Labute approximate surface area is 118 Å². The number of rotatable bonds is 6. The largest absolute Gasteiger partial charge is 0.331 e. The zero-order chi connectivity index (χ0) is 15.2. The van der Waals surface area contributed by atoms with Crippen LogP contribution in [-0.4, -0.2) is 38.8 Å². The van der Waals surface area contributed by atoms with E-state index in [-0.39, 0.29) is 4.90 Å². The van der Waals surface area contributed by atoms with Crippen LogP contribution in [0, 0.1) is 0 Å². The Morgan fingerprint density at radius 1 is 1.30 bits per heavy atom. The van der Waals surface area contributed by atoms with Crippen molar-refractivity contribution in [2.45, 2.75) is 18.7 Å². The predicted octanol–water partition coefficient (Wildman–Crippen LogP) is 0.995. The number of hydrogen-bond donors (Lipinski definition) is 2. The first-order chi connectivity index (χ1) is 9.44. The summed E-state index contributed by atoms with van der Waals surface area (Å²) in [5, 5.41) is 2.35. The highest BCUT2D eigenvalue weighted by molar-refractivity contribution is 7.90. The van der Waals surface area contributed by atoms with Crippen molar-refractivity contribution in [3.8, 4) is 0 Å². The van der Waals surface area contributed by atoms with Gasteiger partial charge in [-0.1, -0.05) is 6.07 Å². The van der Waals surface area contributed by atoms with Crippen molar-refractivity contribution >= 4 is 28.2 Å². The van der Waals surface area contributed by atoms with Gasteiger partial charge in [-0.15, -0.1) is 0 Å². The van der Waals surface area contributed by atoms with Crippen LogP contribution in [0.1, 0.15) is 13.8 Å². The summed E-state index contributed by atoms with van der Waals surface area (Å²) in [5.74, 6) is 0. The molecular weight excluding hydrogens is 282 g/mol. The quantitative estimate of drug-likeness (QED) is 0.766. The lowest BCUT2D eigenvalue weighted by molar-refractivity contribution is -0.105. The lowest BCUT2D eigenvalue weighted by Gasteiger charge is -2.19. The molecule has 0 unspecified atom stereocenters. The van der Waals surface area contributed by atoms with Gasteiger partial charge in [-0.2, -0.15) is 0 Å². The van der Waals surface area contributed by atoms with Gasteiger partial charge in [-0.05, 0) is 32.0 Å². The van der Waals surface area contributed by atoms with E-state index in [1.807, 2.05) is 4.72 Å². The molecule has 7 nitrogen and oxygen atoms in total. The van der Waals surface area contributed by atoms with Gasteiger partial charge in [0.05, 0.1) is 4.90 Å². The van der Waals surface area contributed by atoms with Crippen LogP contribution in [0.2, 0.25) is 0 Å². The van der Waals surface area contributed by atoms with Crippen molar-refractivity contribution in [3.63, 3.8) is 0 Å². The molecule has 8 heteroatoms. The second-order valence-corrected chi connectivity index (χ2v) is 5.56. The van der Waals surface area contributed by atoms with Gasteiger partial charge in [0.2, 0.25) is 6.41 Å². The van der Waals surface area contributed by atoms with E-state index in [0.717, 1.165) is 0 Å². The zero-order valence-corrected chi connectivity index (χ0v) is 12.1. The first-order valence-corrected chi connectivity index (χ1v) is 7.54. The lowest BCUT2D eigenvalue weighted by atomic mass is 10.3. The summed E-state index contributed by atoms with van der Waals surface area (Å²) in [5.41, 5.74) is 0.332. The maximum absolute atomic E-state index is 12.1. The standard InChI is InChI=1S/C12H17N3O4S/c1-3-15(4-2)12(17)14-20(18,19)11-7-5-6-10(8-11)13-9-16/h5-9H,3-4H2,1-2H3,(H,13,16)(H,14,17). The van der Waals surface area contributed by atoms with E-state index < -0.39 is 16.1 Å². The van der Waals surface area contributed by atoms with Crippen molar-refractivity contribution in [1.82, 2.24) is 9.62 Å². The molecule has 0 saturated carbocycles. The minimum atomic E-state index is -3.96. The molecule has 3 amide bonds. The van der Waals surface area contributed by atoms with E-state index in [0.29, 0.717) is 25.2 Å². The van der Waals surface area contributed by atoms with Crippen LogP contribution in [0.3, 0.4) is 0 Å². The van der Waals surface area contributed by atoms with Gasteiger partial charge in [0.25, 0.3) is 10.0 Å². The Balaban J connectivity index is 2.96. The average molecular weight is 299 g/mol. The summed E-state index contributed by atoms with van der Waals surface area (Å²) in [6, 6.07) is 4.95. The van der Waals surface area contributed by atoms with Crippen LogP contribution in [-0.2, 0) is 14.8 Å². The van der Waals surface area contributed by atoms with Crippen LogP contribution in [0.25, 0.3) is 0 Å². The number of anilines is 1. The molecule has 0 aliphatic heterocycles. The van der Waals surface area contributed by atoms with E-state index in [1.165, 1.54) is 23.1 Å². The number of benzene rings is 1. The number of amides is 3. The van der Waals surface area contributed by atoms with E-state index in [2.05, 4.69) is 5.32 Å². The monoisotopic (exact) mass is 299 g/mol. The van der Waals surface area contributed by atoms with E-state index in [1.54, 1.807) is 19.9 Å². The SMILES string of the molecule is CCN(CC)C(=O)NS(=O)(=O)c1cccc(NC=O)c1. The summed E-state index contributed by atoms with van der Waals surface area (Å²) >= 11 is 0. The average Bonchev–Trinajstić information content (AvgIpc) is 2.40. The number of nitrogens with one attached hydrogen (secondary N) is 2. The molecule has 0 atom stereocenters. The first kappa shape index (κ1) is 16.0. The molecule has 0 aliphatic carbocycles. The van der Waals surface area contributed by atoms with Gasteiger partial charge in [-0.25, -0.2) is 17.9 Å². The molecule has 0 bridgehead atoms. The smallest absolute Gasteiger partial charge is 0.329 e. The summed E-state index contributed by atoms with van der Waals surface area (Å²) in [6.07, 6.45) is 0.445. The molecule has 2 N–H and O–H groups in total. The van der Waals surface area contributed by atoms with Crippen LogP contribution >= 0.6 is 0 Å². The van der Waals surface area contributed by atoms with Gasteiger partial charge in [0.15, 0.2) is 0 Å². The first-order valence-electron chi connectivity index (χ1n) is 6.06. The molecule has 20 heavy (non-hydrogen) atoms. The lowest BCUT2D eigenvalue weighted by Crippen LogP contribution is -2.42. The molecule has 0 fully saturated rings. The summed E-state index contributed by atoms with van der Waals surface area (Å²) in [6.45, 7) is 4.32. The third-order valence-electron chi connectivity index (χ3n) is 2.64. The molecule has 0 aromatic heterocycles. The second-order valence-electron chi connectivity index (χ2n) is 3.87. The fourth-order valence-electron chi connectivity index (χ4n) is 1.57. The molecule has 0 heterocycles. The second kappa shape index (κ2) is 6.90. The molecule has 0 radical (unpaired) electrons. The molecular formula is C12H17N3O4S. The van der Waals surface area contributed by atoms with Gasteiger partial charge in [0.1, 0.15) is 0 Å². The highest BCUT2D eigenvalue weighted by Crippen LogP contribution is 2.15. The Hall–Kier alpha value is -2.09. The number of urea groups is 1. The maximum atomic E-state index is 12.1. The third-order valence-corrected chi connectivity index (χ3v) is 3.96. The third kappa shape index (κ3) is 3.95. The zero-order valence-electron chi connectivity index (χ0n) is 11.3. The van der Waals surface area contributed by atoms with Gasteiger partial charge < -0.3 is 10.2 Å². The number of sulfonamides is 1. The molecule has 0 saturated heterocycles. The fraction of sp³-hybridized carbons (Fsp3) is 0.333. The topological polar surface area (TPSA) is 95.6 Å². The van der Waals surface area contributed by atoms with Crippen LogP contribution < -0.4 is 10.0 Å². The highest BCUT2D eigenvalue weighted by Gasteiger charge is 2.20. The number of nitrogens with zero attached hydrogens (tertiary/aromatic N) is 1. The number of hydrogen-bond acceptors (Lipinski definition) is 4. The van der Waals surface area contributed by atoms with Gasteiger partial charge >= 0.3 is 6.03 Å². The number of carbonyl (C=O) groups is 2. The van der Waals surface area contributed by atoms with Gasteiger partial charge in [0, 0.05) is 18.8 Å². The van der Waals surface area contributed by atoms with Crippen LogP contribution in [0.15, 0.2) is 29.2 Å². The fourth-order valence-corrected chi connectivity index (χ4v) is 2.59. The Kier molecular flexibility index (Phi) is 5.51. The normalized spacial score (nSPS) is 10.7. The minimum Gasteiger partial charge on any atom is -0.329 e. The van der Waals surface area contributed by atoms with Crippen molar-refractivity contribution in [3.05, 3.63) is 24.3 Å². The molecule has 1 rings (SSSR count). The Morgan fingerprint density at radius 3 is 2.50 bits per heavy atom. The summed E-state index contributed by atoms with van der Waals surface area (Å²) < 4.78 is 26.1. The van der Waals surface area contributed by atoms with Gasteiger partial charge in [-0.3, -0.25) is 4.79 Å². The van der Waals surface area contributed by atoms with Crippen LogP contribution in [0.4, 0.5) is 10.5 Å².